The number of hydrogen-bond acceptors (Lipinski definition) is 4. The second-order valence-corrected chi connectivity index (χ2v) is 6.70. The standard InChI is InChI=1S/C22H25NO3/c1-2-26-22(25)19-11-13-23(14-12-19)16-17-7-6-10-20(15-17)21(24)18-8-4-3-5-9-18/h3-10,15,19H,2,11-14,16H2,1H3. The van der Waals surface area contributed by atoms with Crippen LogP contribution in [0.3, 0.4) is 0 Å². The minimum Gasteiger partial charge on any atom is -0.466 e. The number of benzene rings is 2. The van der Waals surface area contributed by atoms with Gasteiger partial charge in [-0.1, -0.05) is 48.5 Å². The fourth-order valence-electron chi connectivity index (χ4n) is 3.41. The molecule has 0 radical (unpaired) electrons. The zero-order valence-electron chi connectivity index (χ0n) is 15.2. The molecular formula is C22H25NO3. The molecule has 4 nitrogen and oxygen atoms in total. The van der Waals surface area contributed by atoms with E-state index in [-0.39, 0.29) is 17.7 Å². The number of ketones is 1. The number of piperidine rings is 1. The van der Waals surface area contributed by atoms with Crippen molar-refractivity contribution in [2.45, 2.75) is 26.3 Å². The lowest BCUT2D eigenvalue weighted by molar-refractivity contribution is -0.149. The first kappa shape index (κ1) is 18.3. The Kier molecular flexibility index (Phi) is 6.18. The zero-order valence-corrected chi connectivity index (χ0v) is 15.2. The van der Waals surface area contributed by atoms with Crippen LogP contribution in [0.5, 0.6) is 0 Å². The molecule has 0 atom stereocenters. The van der Waals surface area contributed by atoms with Crippen LogP contribution in [0.15, 0.2) is 54.6 Å². The molecule has 0 saturated carbocycles. The zero-order chi connectivity index (χ0) is 18.4. The van der Waals surface area contributed by atoms with E-state index >= 15 is 0 Å². The molecule has 136 valence electrons. The maximum atomic E-state index is 12.6. The van der Waals surface area contributed by atoms with Crippen molar-refractivity contribution < 1.29 is 14.3 Å². The quantitative estimate of drug-likeness (QED) is 0.588. The van der Waals surface area contributed by atoms with Gasteiger partial charge in [0.05, 0.1) is 12.5 Å². The van der Waals surface area contributed by atoms with Gasteiger partial charge in [-0.25, -0.2) is 0 Å². The van der Waals surface area contributed by atoms with Crippen molar-refractivity contribution in [2.75, 3.05) is 19.7 Å². The number of ether oxygens (including phenoxy) is 1. The van der Waals surface area contributed by atoms with Gasteiger partial charge in [-0.05, 0) is 44.5 Å². The maximum absolute atomic E-state index is 12.6. The third-order valence-corrected chi connectivity index (χ3v) is 4.84. The van der Waals surface area contributed by atoms with Gasteiger partial charge in [0.1, 0.15) is 0 Å². The van der Waals surface area contributed by atoms with E-state index in [2.05, 4.69) is 11.0 Å². The Balaban J connectivity index is 1.60. The predicted octanol–water partition coefficient (Wildman–Crippen LogP) is 3.69. The summed E-state index contributed by atoms with van der Waals surface area (Å²) in [5.41, 5.74) is 2.55. The molecule has 2 aromatic carbocycles. The number of rotatable bonds is 6. The van der Waals surface area contributed by atoms with E-state index < -0.39 is 0 Å². The largest absolute Gasteiger partial charge is 0.466 e. The summed E-state index contributed by atoms with van der Waals surface area (Å²) in [4.78, 5) is 26.8. The van der Waals surface area contributed by atoms with Gasteiger partial charge in [0.15, 0.2) is 5.78 Å². The molecule has 4 heteroatoms. The number of likely N-dealkylation sites (tertiary alicyclic amines) is 1. The Morgan fingerprint density at radius 2 is 1.69 bits per heavy atom. The molecule has 1 heterocycles. The van der Waals surface area contributed by atoms with E-state index in [1.165, 1.54) is 0 Å². The molecule has 0 spiro atoms. The number of carbonyl (C=O) groups is 2. The Labute approximate surface area is 154 Å². The SMILES string of the molecule is CCOC(=O)C1CCN(Cc2cccc(C(=O)c3ccccc3)c2)CC1. The Hall–Kier alpha value is -2.46. The molecule has 1 aliphatic heterocycles. The number of carbonyl (C=O) groups excluding carboxylic acids is 2. The topological polar surface area (TPSA) is 46.6 Å². The molecule has 26 heavy (non-hydrogen) atoms. The average molecular weight is 351 g/mol. The lowest BCUT2D eigenvalue weighted by Gasteiger charge is -2.30. The summed E-state index contributed by atoms with van der Waals surface area (Å²) >= 11 is 0. The van der Waals surface area contributed by atoms with Crippen molar-refractivity contribution in [3.63, 3.8) is 0 Å². The summed E-state index contributed by atoms with van der Waals surface area (Å²) < 4.78 is 5.12. The van der Waals surface area contributed by atoms with Gasteiger partial charge in [0.25, 0.3) is 0 Å². The molecule has 1 saturated heterocycles. The molecule has 1 aliphatic rings. The fraction of sp³-hybridized carbons (Fsp3) is 0.364. The van der Waals surface area contributed by atoms with E-state index in [0.29, 0.717) is 12.2 Å². The molecule has 3 rings (SSSR count). The fourth-order valence-corrected chi connectivity index (χ4v) is 3.41. The van der Waals surface area contributed by atoms with E-state index in [0.717, 1.165) is 43.6 Å². The van der Waals surface area contributed by atoms with E-state index in [1.54, 1.807) is 0 Å². The van der Waals surface area contributed by atoms with E-state index in [9.17, 15) is 9.59 Å². The minimum atomic E-state index is -0.0670. The summed E-state index contributed by atoms with van der Waals surface area (Å²) in [6.07, 6.45) is 1.67. The normalized spacial score (nSPS) is 15.6. The number of esters is 1. The van der Waals surface area contributed by atoms with Crippen LogP contribution in [-0.2, 0) is 16.1 Å². The van der Waals surface area contributed by atoms with Gasteiger partial charge < -0.3 is 4.74 Å². The highest BCUT2D eigenvalue weighted by atomic mass is 16.5. The van der Waals surface area contributed by atoms with Crippen molar-refractivity contribution in [2.24, 2.45) is 5.92 Å². The van der Waals surface area contributed by atoms with Crippen molar-refractivity contribution in [3.8, 4) is 0 Å². The second-order valence-electron chi connectivity index (χ2n) is 6.70. The molecule has 0 amide bonds. The van der Waals surface area contributed by atoms with Crippen LogP contribution in [0.1, 0.15) is 41.3 Å². The first-order chi connectivity index (χ1) is 12.7. The highest BCUT2D eigenvalue weighted by Crippen LogP contribution is 2.21. The number of hydrogen-bond donors (Lipinski definition) is 0. The van der Waals surface area contributed by atoms with E-state index in [4.69, 9.17) is 4.74 Å². The van der Waals surface area contributed by atoms with Crippen LogP contribution in [0.25, 0.3) is 0 Å². The Bertz CT molecular complexity index is 749. The molecular weight excluding hydrogens is 326 g/mol. The van der Waals surface area contributed by atoms with Gasteiger partial charge in [-0.2, -0.15) is 0 Å². The molecule has 2 aromatic rings. The van der Waals surface area contributed by atoms with Crippen LogP contribution < -0.4 is 0 Å². The third-order valence-electron chi connectivity index (χ3n) is 4.84. The Morgan fingerprint density at radius 1 is 1.00 bits per heavy atom. The predicted molar refractivity (Wildman–Crippen MR) is 101 cm³/mol. The second kappa shape index (κ2) is 8.77. The van der Waals surface area contributed by atoms with Gasteiger partial charge >= 0.3 is 5.97 Å². The monoisotopic (exact) mass is 351 g/mol. The van der Waals surface area contributed by atoms with Crippen LogP contribution in [0, 0.1) is 5.92 Å². The Morgan fingerprint density at radius 3 is 2.38 bits per heavy atom. The van der Waals surface area contributed by atoms with Crippen molar-refractivity contribution in [1.29, 1.82) is 0 Å². The summed E-state index contributed by atoms with van der Waals surface area (Å²) in [6.45, 7) is 4.84. The van der Waals surface area contributed by atoms with Crippen LogP contribution in [-0.4, -0.2) is 36.3 Å². The molecule has 0 N–H and O–H groups in total. The molecule has 0 aromatic heterocycles. The minimum absolute atomic E-state index is 0.0252. The molecule has 1 fully saturated rings. The summed E-state index contributed by atoms with van der Waals surface area (Å²) in [7, 11) is 0. The smallest absolute Gasteiger partial charge is 0.309 e. The summed E-state index contributed by atoms with van der Waals surface area (Å²) in [6, 6.07) is 17.2. The first-order valence-electron chi connectivity index (χ1n) is 9.25. The molecule has 0 bridgehead atoms. The number of nitrogens with zero attached hydrogens (tertiary/aromatic N) is 1. The van der Waals surface area contributed by atoms with E-state index in [1.807, 2.05) is 55.5 Å². The average Bonchev–Trinajstić information content (AvgIpc) is 2.69. The van der Waals surface area contributed by atoms with Crippen LogP contribution in [0.4, 0.5) is 0 Å². The molecule has 0 unspecified atom stereocenters. The van der Waals surface area contributed by atoms with Crippen molar-refractivity contribution in [1.82, 2.24) is 4.90 Å². The van der Waals surface area contributed by atoms with Crippen molar-refractivity contribution in [3.05, 3.63) is 71.3 Å². The van der Waals surface area contributed by atoms with Gasteiger partial charge in [-0.3, -0.25) is 14.5 Å². The third kappa shape index (κ3) is 4.58. The lowest BCUT2D eigenvalue weighted by Crippen LogP contribution is -2.36. The van der Waals surface area contributed by atoms with Crippen molar-refractivity contribution >= 4 is 11.8 Å². The van der Waals surface area contributed by atoms with Crippen LogP contribution >= 0.6 is 0 Å². The first-order valence-corrected chi connectivity index (χ1v) is 9.25. The van der Waals surface area contributed by atoms with Gasteiger partial charge in [0, 0.05) is 17.7 Å². The lowest BCUT2D eigenvalue weighted by atomic mass is 9.96. The maximum Gasteiger partial charge on any atom is 0.309 e. The highest BCUT2D eigenvalue weighted by Gasteiger charge is 2.25. The summed E-state index contributed by atoms with van der Waals surface area (Å²) in [5.74, 6) is 0.00765. The highest BCUT2D eigenvalue weighted by molar-refractivity contribution is 6.09. The van der Waals surface area contributed by atoms with Crippen LogP contribution in [0.2, 0.25) is 0 Å². The molecule has 0 aliphatic carbocycles. The van der Waals surface area contributed by atoms with Gasteiger partial charge in [-0.15, -0.1) is 0 Å². The summed E-state index contributed by atoms with van der Waals surface area (Å²) in [5, 5.41) is 0. The van der Waals surface area contributed by atoms with Gasteiger partial charge in [0.2, 0.25) is 0 Å².